The summed E-state index contributed by atoms with van der Waals surface area (Å²) < 4.78 is 0. The molecule has 0 heterocycles. The van der Waals surface area contributed by atoms with Crippen molar-refractivity contribution in [3.8, 4) is 0 Å². The van der Waals surface area contributed by atoms with Crippen molar-refractivity contribution in [1.29, 1.82) is 0 Å². The van der Waals surface area contributed by atoms with Crippen LogP contribution >= 0.6 is 11.6 Å². The normalized spacial score (nSPS) is 10.5. The van der Waals surface area contributed by atoms with Crippen molar-refractivity contribution in [3.05, 3.63) is 130 Å². The van der Waals surface area contributed by atoms with Gasteiger partial charge in [-0.25, -0.2) is 0 Å². The van der Waals surface area contributed by atoms with Crippen LogP contribution in [0.4, 0.5) is 0 Å². The minimum Gasteiger partial charge on any atom is -0.106 e. The van der Waals surface area contributed by atoms with Crippen LogP contribution in [-0.2, 0) is 0 Å². The molecule has 0 N–H and O–H groups in total. The standard InChI is InChI=1S/C25H22Cl/c1-19(2)23(25(26)22-16-10-5-11-17-22)18-24(20-12-6-3-7-13-20)21-14-8-4-9-15-21/h3-18H,1-2H3. The van der Waals surface area contributed by atoms with Crippen molar-refractivity contribution in [2.75, 3.05) is 0 Å². The Morgan fingerprint density at radius 3 is 1.38 bits per heavy atom. The molecular formula is C25H22Cl. The zero-order valence-electron chi connectivity index (χ0n) is 15.1. The molecule has 26 heavy (non-hydrogen) atoms. The highest BCUT2D eigenvalue weighted by molar-refractivity contribution is 6.32. The van der Waals surface area contributed by atoms with Gasteiger partial charge in [-0.1, -0.05) is 96.6 Å². The maximum absolute atomic E-state index is 6.80. The topological polar surface area (TPSA) is 0 Å². The average Bonchev–Trinajstić information content (AvgIpc) is 2.70. The van der Waals surface area contributed by atoms with E-state index in [2.05, 4.69) is 68.5 Å². The number of hydrogen-bond acceptors (Lipinski definition) is 0. The zero-order chi connectivity index (χ0) is 18.4. The third-order valence-corrected chi connectivity index (χ3v) is 4.68. The molecule has 0 aliphatic carbocycles. The lowest BCUT2D eigenvalue weighted by Gasteiger charge is -2.16. The fourth-order valence-corrected chi connectivity index (χ4v) is 3.25. The predicted molar refractivity (Wildman–Crippen MR) is 113 cm³/mol. The number of hydrogen-bond donors (Lipinski definition) is 0. The minimum atomic E-state index is 0.773. The van der Waals surface area contributed by atoms with Crippen LogP contribution in [0.15, 0.2) is 108 Å². The molecule has 1 radical (unpaired) electrons. The molecule has 0 saturated heterocycles. The molecule has 0 bridgehead atoms. The second-order valence-electron chi connectivity index (χ2n) is 6.38. The lowest BCUT2D eigenvalue weighted by Crippen LogP contribution is -1.99. The summed E-state index contributed by atoms with van der Waals surface area (Å²) in [4.78, 5) is 0. The highest BCUT2D eigenvalue weighted by Crippen LogP contribution is 2.34. The van der Waals surface area contributed by atoms with Crippen LogP contribution in [0.2, 0.25) is 0 Å². The van der Waals surface area contributed by atoms with Crippen molar-refractivity contribution in [2.24, 2.45) is 0 Å². The van der Waals surface area contributed by atoms with E-state index in [0.717, 1.165) is 22.1 Å². The molecule has 0 amide bonds. The smallest absolute Gasteiger partial charge is 0.106 e. The second kappa shape index (κ2) is 8.69. The van der Waals surface area contributed by atoms with Gasteiger partial charge in [-0.3, -0.25) is 0 Å². The van der Waals surface area contributed by atoms with Crippen LogP contribution in [0.1, 0.15) is 30.5 Å². The lowest BCUT2D eigenvalue weighted by atomic mass is 9.92. The van der Waals surface area contributed by atoms with Crippen LogP contribution in [-0.4, -0.2) is 0 Å². The van der Waals surface area contributed by atoms with Gasteiger partial charge in [0.05, 0.1) is 0 Å². The quantitative estimate of drug-likeness (QED) is 0.421. The molecule has 0 fully saturated rings. The Balaban J connectivity index is 2.12. The maximum Gasteiger partial charge on any atom is 0.122 e. The summed E-state index contributed by atoms with van der Waals surface area (Å²) in [6.07, 6.45) is 2.20. The minimum absolute atomic E-state index is 0.773. The molecule has 3 aromatic rings. The third kappa shape index (κ3) is 4.33. The number of halogens is 1. The van der Waals surface area contributed by atoms with Gasteiger partial charge in [0.25, 0.3) is 0 Å². The molecule has 0 aromatic heterocycles. The predicted octanol–water partition coefficient (Wildman–Crippen LogP) is 7.27. The monoisotopic (exact) mass is 357 g/mol. The third-order valence-electron chi connectivity index (χ3n) is 4.26. The summed E-state index contributed by atoms with van der Waals surface area (Å²) in [5.41, 5.74) is 6.78. The van der Waals surface area contributed by atoms with Gasteiger partial charge < -0.3 is 0 Å². The van der Waals surface area contributed by atoms with Crippen LogP contribution in [0, 0.1) is 5.38 Å². The zero-order valence-corrected chi connectivity index (χ0v) is 15.9. The van der Waals surface area contributed by atoms with Crippen molar-refractivity contribution >= 4 is 17.2 Å². The summed E-state index contributed by atoms with van der Waals surface area (Å²) >= 11 is 6.80. The van der Waals surface area contributed by atoms with Gasteiger partial charge in [-0.15, -0.1) is 11.6 Å². The van der Waals surface area contributed by atoms with Crippen molar-refractivity contribution in [1.82, 2.24) is 0 Å². The summed E-state index contributed by atoms with van der Waals surface area (Å²) in [5, 5.41) is 0.773. The number of allylic oxidation sites excluding steroid dienone is 3. The molecule has 129 valence electrons. The van der Waals surface area contributed by atoms with E-state index in [0.29, 0.717) is 0 Å². The Bertz CT molecular complexity index is 845. The highest BCUT2D eigenvalue weighted by Gasteiger charge is 2.16. The van der Waals surface area contributed by atoms with E-state index in [4.69, 9.17) is 11.6 Å². The molecule has 3 rings (SSSR count). The molecule has 1 heteroatoms. The van der Waals surface area contributed by atoms with Crippen molar-refractivity contribution in [3.63, 3.8) is 0 Å². The first kappa shape index (κ1) is 18.2. The SMILES string of the molecule is CC(C)=C(C=C(c1ccccc1)c1ccccc1)[C](Cl)c1ccccc1. The highest BCUT2D eigenvalue weighted by atomic mass is 35.5. The van der Waals surface area contributed by atoms with E-state index in [1.807, 2.05) is 42.5 Å². The molecule has 0 atom stereocenters. The molecule has 0 unspecified atom stereocenters. The number of rotatable bonds is 5. The molecule has 0 aliphatic rings. The van der Waals surface area contributed by atoms with Gasteiger partial charge in [0, 0.05) is 0 Å². The fourth-order valence-electron chi connectivity index (χ4n) is 2.88. The van der Waals surface area contributed by atoms with E-state index in [-0.39, 0.29) is 0 Å². The average molecular weight is 358 g/mol. The van der Waals surface area contributed by atoms with Gasteiger partial charge in [0.15, 0.2) is 0 Å². The first-order valence-corrected chi connectivity index (χ1v) is 9.13. The van der Waals surface area contributed by atoms with E-state index < -0.39 is 0 Å². The summed E-state index contributed by atoms with van der Waals surface area (Å²) in [5.74, 6) is 0. The van der Waals surface area contributed by atoms with Crippen LogP contribution < -0.4 is 0 Å². The molecular weight excluding hydrogens is 336 g/mol. The van der Waals surface area contributed by atoms with Crippen LogP contribution in [0.5, 0.6) is 0 Å². The molecule has 3 aromatic carbocycles. The fraction of sp³-hybridized carbons (Fsp3) is 0.0800. The molecule has 0 aliphatic heterocycles. The van der Waals surface area contributed by atoms with Gasteiger partial charge in [0.1, 0.15) is 5.38 Å². The second-order valence-corrected chi connectivity index (χ2v) is 6.76. The Kier molecular flexibility index (Phi) is 6.09. The van der Waals surface area contributed by atoms with Gasteiger partial charge >= 0.3 is 0 Å². The van der Waals surface area contributed by atoms with Gasteiger partial charge in [-0.2, -0.15) is 0 Å². The van der Waals surface area contributed by atoms with E-state index in [1.165, 1.54) is 16.7 Å². The molecule has 0 nitrogen and oxygen atoms in total. The summed E-state index contributed by atoms with van der Waals surface area (Å²) in [6.45, 7) is 4.20. The molecule has 0 saturated carbocycles. The first-order chi connectivity index (χ1) is 12.7. The summed E-state index contributed by atoms with van der Waals surface area (Å²) in [7, 11) is 0. The van der Waals surface area contributed by atoms with Crippen LogP contribution in [0.3, 0.4) is 0 Å². The Morgan fingerprint density at radius 2 is 1.00 bits per heavy atom. The van der Waals surface area contributed by atoms with Gasteiger partial charge in [0.2, 0.25) is 0 Å². The largest absolute Gasteiger partial charge is 0.122 e. The first-order valence-electron chi connectivity index (χ1n) is 8.75. The van der Waals surface area contributed by atoms with E-state index >= 15 is 0 Å². The molecule has 0 spiro atoms. The lowest BCUT2D eigenvalue weighted by molar-refractivity contribution is 1.27. The van der Waals surface area contributed by atoms with Crippen molar-refractivity contribution < 1.29 is 0 Å². The van der Waals surface area contributed by atoms with E-state index in [9.17, 15) is 0 Å². The van der Waals surface area contributed by atoms with Crippen LogP contribution in [0.25, 0.3) is 5.57 Å². The van der Waals surface area contributed by atoms with Crippen molar-refractivity contribution in [2.45, 2.75) is 13.8 Å². The Labute approximate surface area is 161 Å². The number of benzene rings is 3. The van der Waals surface area contributed by atoms with Gasteiger partial charge in [-0.05, 0) is 47.8 Å². The Hall–Kier alpha value is -2.57. The maximum atomic E-state index is 6.80. The Morgan fingerprint density at radius 1 is 0.615 bits per heavy atom. The van der Waals surface area contributed by atoms with E-state index in [1.54, 1.807) is 0 Å². The summed E-state index contributed by atoms with van der Waals surface area (Å²) in [6, 6.07) is 31.0.